The van der Waals surface area contributed by atoms with Crippen molar-refractivity contribution in [2.75, 3.05) is 13.1 Å². The number of hydrogen-bond acceptors (Lipinski definition) is 4. The number of hydrogen-bond donors (Lipinski definition) is 0. The topological polar surface area (TPSA) is 29.0 Å². The molecule has 0 fully saturated rings. The summed E-state index contributed by atoms with van der Waals surface area (Å²) in [6, 6.07) is 0. The predicted octanol–water partition coefficient (Wildman–Crippen LogP) is 3.45. The number of nitrogens with zero attached hydrogens (tertiary/aromatic N) is 3. The van der Waals surface area contributed by atoms with Crippen LogP contribution in [0.4, 0.5) is 0 Å². The van der Waals surface area contributed by atoms with Gasteiger partial charge in [-0.15, -0.1) is 5.10 Å². The maximum Gasteiger partial charge on any atom is 0.138 e. The minimum absolute atomic E-state index is 0.725. The molecule has 1 aromatic rings. The van der Waals surface area contributed by atoms with Crippen molar-refractivity contribution in [1.29, 1.82) is 0 Å². The van der Waals surface area contributed by atoms with Crippen LogP contribution in [0, 0.1) is 5.92 Å². The van der Waals surface area contributed by atoms with Crippen LogP contribution in [-0.4, -0.2) is 27.6 Å². The van der Waals surface area contributed by atoms with Gasteiger partial charge in [0.05, 0.1) is 0 Å². The summed E-state index contributed by atoms with van der Waals surface area (Å²) < 4.78 is 4.59. The van der Waals surface area contributed by atoms with Gasteiger partial charge in [0.25, 0.3) is 0 Å². The van der Waals surface area contributed by atoms with Crippen LogP contribution in [-0.2, 0) is 6.54 Å². The van der Waals surface area contributed by atoms with E-state index in [2.05, 4.69) is 35.3 Å². The Kier molecular flexibility index (Phi) is 6.24. The molecule has 0 aliphatic carbocycles. The Morgan fingerprint density at radius 1 is 1.31 bits per heavy atom. The van der Waals surface area contributed by atoms with Crippen LogP contribution >= 0.6 is 23.1 Å². The Morgan fingerprint density at radius 3 is 2.44 bits per heavy atom. The normalized spacial score (nSPS) is 11.6. The molecule has 1 rings (SSSR count). The van der Waals surface area contributed by atoms with E-state index in [0.29, 0.717) is 0 Å². The Hall–Kier alpha value is -0.190. The molecule has 0 aromatic carbocycles. The van der Waals surface area contributed by atoms with Crippen molar-refractivity contribution in [2.45, 2.75) is 40.2 Å². The summed E-state index contributed by atoms with van der Waals surface area (Å²) in [5, 5.41) is 4.06. The quantitative estimate of drug-likeness (QED) is 0.753. The van der Waals surface area contributed by atoms with Crippen molar-refractivity contribution in [1.82, 2.24) is 14.5 Å². The standard InChI is InChI=1S/C11H20ClN3S/c1-4-9(5-2)7-15(6-3)8-10-11(12)16-14-13-10/h9H,4-8H2,1-3H3. The largest absolute Gasteiger partial charge is 0.297 e. The highest BCUT2D eigenvalue weighted by Crippen LogP contribution is 2.20. The second-order valence-electron chi connectivity index (χ2n) is 4.00. The number of aromatic nitrogens is 2. The Labute approximate surface area is 107 Å². The molecule has 0 atom stereocenters. The highest BCUT2D eigenvalue weighted by Gasteiger charge is 2.13. The number of rotatable bonds is 7. The monoisotopic (exact) mass is 261 g/mol. The van der Waals surface area contributed by atoms with Crippen molar-refractivity contribution in [3.05, 3.63) is 10.0 Å². The molecule has 0 saturated carbocycles. The second kappa shape index (κ2) is 7.20. The van der Waals surface area contributed by atoms with E-state index in [1.54, 1.807) is 0 Å². The van der Waals surface area contributed by atoms with Gasteiger partial charge in [-0.1, -0.05) is 49.7 Å². The molecule has 0 aliphatic heterocycles. The molecule has 1 heterocycles. The zero-order valence-corrected chi connectivity index (χ0v) is 11.8. The van der Waals surface area contributed by atoms with Gasteiger partial charge < -0.3 is 0 Å². The van der Waals surface area contributed by atoms with Gasteiger partial charge in [-0.25, -0.2) is 0 Å². The lowest BCUT2D eigenvalue weighted by atomic mass is 10.0. The molecule has 5 heteroatoms. The van der Waals surface area contributed by atoms with Crippen LogP contribution in [0.3, 0.4) is 0 Å². The molecule has 92 valence electrons. The lowest BCUT2D eigenvalue weighted by molar-refractivity contribution is 0.224. The van der Waals surface area contributed by atoms with Gasteiger partial charge in [0, 0.05) is 24.6 Å². The van der Waals surface area contributed by atoms with E-state index in [1.165, 1.54) is 24.4 Å². The fourth-order valence-electron chi connectivity index (χ4n) is 1.72. The van der Waals surface area contributed by atoms with Crippen LogP contribution in [0.5, 0.6) is 0 Å². The smallest absolute Gasteiger partial charge is 0.138 e. The third kappa shape index (κ3) is 4.00. The Morgan fingerprint density at radius 2 is 2.00 bits per heavy atom. The van der Waals surface area contributed by atoms with Crippen LogP contribution < -0.4 is 0 Å². The minimum Gasteiger partial charge on any atom is -0.297 e. The van der Waals surface area contributed by atoms with E-state index < -0.39 is 0 Å². The maximum atomic E-state index is 6.01. The van der Waals surface area contributed by atoms with Gasteiger partial charge in [0.15, 0.2) is 0 Å². The summed E-state index contributed by atoms with van der Waals surface area (Å²) in [7, 11) is 0. The van der Waals surface area contributed by atoms with Crippen molar-refractivity contribution in [3.63, 3.8) is 0 Å². The molecular formula is C11H20ClN3S. The highest BCUT2D eigenvalue weighted by molar-refractivity contribution is 7.10. The zero-order valence-electron chi connectivity index (χ0n) is 10.2. The van der Waals surface area contributed by atoms with E-state index in [1.807, 2.05) is 0 Å². The first-order valence-corrected chi connectivity index (χ1v) is 7.05. The molecule has 3 nitrogen and oxygen atoms in total. The summed E-state index contributed by atoms with van der Waals surface area (Å²) in [6.45, 7) is 9.65. The van der Waals surface area contributed by atoms with E-state index in [-0.39, 0.29) is 0 Å². The fraction of sp³-hybridized carbons (Fsp3) is 0.818. The van der Waals surface area contributed by atoms with Gasteiger partial charge >= 0.3 is 0 Å². The molecule has 0 unspecified atom stereocenters. The van der Waals surface area contributed by atoms with Crippen LogP contribution in [0.1, 0.15) is 39.3 Å². The van der Waals surface area contributed by atoms with Crippen molar-refractivity contribution in [2.24, 2.45) is 5.92 Å². The van der Waals surface area contributed by atoms with Gasteiger partial charge in [0.2, 0.25) is 0 Å². The maximum absolute atomic E-state index is 6.01. The predicted molar refractivity (Wildman–Crippen MR) is 69.9 cm³/mol. The highest BCUT2D eigenvalue weighted by atomic mass is 35.5. The molecule has 0 aliphatic rings. The summed E-state index contributed by atoms with van der Waals surface area (Å²) in [5.41, 5.74) is 0.916. The lowest BCUT2D eigenvalue weighted by Gasteiger charge is -2.24. The first kappa shape index (κ1) is 13.9. The van der Waals surface area contributed by atoms with Crippen molar-refractivity contribution in [3.8, 4) is 0 Å². The molecule has 0 amide bonds. The molecule has 1 aromatic heterocycles. The SMILES string of the molecule is CCC(CC)CN(CC)Cc1nnsc1Cl. The van der Waals surface area contributed by atoms with Crippen molar-refractivity contribution >= 4 is 23.1 Å². The molecule has 0 saturated heterocycles. The fourth-order valence-corrected chi connectivity index (χ4v) is 2.33. The van der Waals surface area contributed by atoms with Crippen LogP contribution in [0.25, 0.3) is 0 Å². The van der Waals surface area contributed by atoms with Crippen molar-refractivity contribution < 1.29 is 0 Å². The van der Waals surface area contributed by atoms with Gasteiger partial charge in [-0.05, 0) is 12.5 Å². The summed E-state index contributed by atoms with van der Waals surface area (Å²) >= 11 is 7.28. The van der Waals surface area contributed by atoms with E-state index >= 15 is 0 Å². The molecule has 0 bridgehead atoms. The molecule has 0 N–H and O–H groups in total. The van der Waals surface area contributed by atoms with Gasteiger partial charge in [0.1, 0.15) is 10.0 Å². The molecule has 16 heavy (non-hydrogen) atoms. The second-order valence-corrected chi connectivity index (χ2v) is 5.36. The summed E-state index contributed by atoms with van der Waals surface area (Å²) in [6.07, 6.45) is 2.46. The summed E-state index contributed by atoms with van der Waals surface area (Å²) in [4.78, 5) is 2.39. The van der Waals surface area contributed by atoms with Crippen LogP contribution in [0.15, 0.2) is 0 Å². The third-order valence-electron chi connectivity index (χ3n) is 3.00. The van der Waals surface area contributed by atoms with E-state index in [0.717, 1.165) is 35.6 Å². The Bertz CT molecular complexity index is 299. The first-order valence-electron chi connectivity index (χ1n) is 5.90. The van der Waals surface area contributed by atoms with E-state index in [4.69, 9.17) is 11.6 Å². The average molecular weight is 262 g/mol. The average Bonchev–Trinajstić information content (AvgIpc) is 2.70. The zero-order chi connectivity index (χ0) is 12.0. The molecule has 0 spiro atoms. The third-order valence-corrected chi connectivity index (χ3v) is 3.99. The van der Waals surface area contributed by atoms with Crippen LogP contribution in [0.2, 0.25) is 4.34 Å². The lowest BCUT2D eigenvalue weighted by Crippen LogP contribution is -2.29. The first-order chi connectivity index (χ1) is 7.71. The van der Waals surface area contributed by atoms with Gasteiger partial charge in [-0.3, -0.25) is 4.90 Å². The summed E-state index contributed by atoms with van der Waals surface area (Å²) in [5.74, 6) is 0.769. The van der Waals surface area contributed by atoms with Gasteiger partial charge in [-0.2, -0.15) is 0 Å². The minimum atomic E-state index is 0.725. The Balaban J connectivity index is 2.52. The molecular weight excluding hydrogens is 242 g/mol. The molecule has 0 radical (unpaired) electrons. The van der Waals surface area contributed by atoms with E-state index in [9.17, 15) is 0 Å². The number of halogens is 1.